The second kappa shape index (κ2) is 5.74. The topological polar surface area (TPSA) is 140 Å². The van der Waals surface area contributed by atoms with Crippen molar-refractivity contribution in [1.29, 1.82) is 0 Å². The molecular weight excluding hydrogens is 280 g/mol. The van der Waals surface area contributed by atoms with Gasteiger partial charge in [-0.15, -0.1) is 0 Å². The van der Waals surface area contributed by atoms with Gasteiger partial charge in [0.2, 0.25) is 0 Å². The van der Waals surface area contributed by atoms with Crippen LogP contribution in [-0.4, -0.2) is 16.9 Å². The number of anilines is 2. The third kappa shape index (κ3) is 3.56. The number of primary amides is 1. The summed E-state index contributed by atoms with van der Waals surface area (Å²) in [5.74, 6) is -1.38. The number of amides is 3. The molecule has 0 aliphatic heterocycles. The van der Waals surface area contributed by atoms with Crippen molar-refractivity contribution in [3.05, 3.63) is 52.3 Å². The zero-order valence-corrected chi connectivity index (χ0v) is 10.5. The number of urea groups is 1. The number of nitrogens with one attached hydrogen (secondary N) is 2. The number of nitrogens with zero attached hydrogens (tertiary/aromatic N) is 1. The molecule has 0 atom stereocenters. The summed E-state index contributed by atoms with van der Waals surface area (Å²) >= 11 is 0. The summed E-state index contributed by atoms with van der Waals surface area (Å²) in [6.45, 7) is 0. The van der Waals surface area contributed by atoms with Gasteiger partial charge in [-0.3, -0.25) is 14.9 Å². The molecule has 0 fully saturated rings. The van der Waals surface area contributed by atoms with Gasteiger partial charge in [-0.25, -0.2) is 4.79 Å². The Bertz CT molecular complexity index is 709. The summed E-state index contributed by atoms with van der Waals surface area (Å²) in [6, 6.07) is 7.75. The lowest BCUT2D eigenvalue weighted by Gasteiger charge is -2.06. The molecule has 108 valence electrons. The van der Waals surface area contributed by atoms with Gasteiger partial charge in [-0.05, 0) is 24.3 Å². The van der Waals surface area contributed by atoms with Crippen molar-refractivity contribution in [2.24, 2.45) is 5.73 Å². The van der Waals surface area contributed by atoms with Crippen LogP contribution in [-0.2, 0) is 0 Å². The quantitative estimate of drug-likeness (QED) is 0.582. The van der Waals surface area contributed by atoms with Crippen molar-refractivity contribution in [3.8, 4) is 0 Å². The van der Waals surface area contributed by atoms with Crippen molar-refractivity contribution in [2.45, 2.75) is 0 Å². The summed E-state index contributed by atoms with van der Waals surface area (Å²) in [5.41, 5.74) is 5.74. The van der Waals surface area contributed by atoms with Gasteiger partial charge in [0.25, 0.3) is 5.91 Å². The van der Waals surface area contributed by atoms with Crippen LogP contribution in [0.4, 0.5) is 22.1 Å². The van der Waals surface area contributed by atoms with Crippen LogP contribution in [0, 0.1) is 10.1 Å². The normalized spacial score (nSPS) is 9.90. The molecule has 21 heavy (non-hydrogen) atoms. The molecule has 0 radical (unpaired) electrons. The third-order valence-electron chi connectivity index (χ3n) is 2.38. The largest absolute Gasteiger partial charge is 0.433 e. The van der Waals surface area contributed by atoms with E-state index in [0.29, 0.717) is 11.4 Å². The Morgan fingerprint density at radius 3 is 2.38 bits per heavy atom. The fourth-order valence-corrected chi connectivity index (χ4v) is 1.56. The Hall–Kier alpha value is -3.36. The Balaban J connectivity index is 2.11. The van der Waals surface area contributed by atoms with E-state index in [1.807, 2.05) is 0 Å². The first-order chi connectivity index (χ1) is 9.95. The van der Waals surface area contributed by atoms with Crippen LogP contribution >= 0.6 is 0 Å². The van der Waals surface area contributed by atoms with Crippen molar-refractivity contribution in [3.63, 3.8) is 0 Å². The first-order valence-corrected chi connectivity index (χ1v) is 5.68. The monoisotopic (exact) mass is 290 g/mol. The highest BCUT2D eigenvalue weighted by molar-refractivity contribution is 6.02. The van der Waals surface area contributed by atoms with E-state index >= 15 is 0 Å². The average molecular weight is 290 g/mol. The predicted molar refractivity (Wildman–Crippen MR) is 73.0 cm³/mol. The van der Waals surface area contributed by atoms with Crippen molar-refractivity contribution >= 4 is 29.2 Å². The lowest BCUT2D eigenvalue weighted by molar-refractivity contribution is -0.402. The Morgan fingerprint density at radius 2 is 1.81 bits per heavy atom. The van der Waals surface area contributed by atoms with Crippen LogP contribution < -0.4 is 16.4 Å². The van der Waals surface area contributed by atoms with Gasteiger partial charge in [0.15, 0.2) is 5.76 Å². The van der Waals surface area contributed by atoms with Crippen molar-refractivity contribution < 1.29 is 18.9 Å². The van der Waals surface area contributed by atoms with Gasteiger partial charge in [-0.2, -0.15) is 0 Å². The van der Waals surface area contributed by atoms with Gasteiger partial charge in [0.1, 0.15) is 4.92 Å². The molecule has 2 aromatic rings. The lowest BCUT2D eigenvalue weighted by atomic mass is 10.2. The molecule has 9 nitrogen and oxygen atoms in total. The van der Waals surface area contributed by atoms with E-state index in [4.69, 9.17) is 10.2 Å². The maximum atomic E-state index is 11.8. The highest BCUT2D eigenvalue weighted by Gasteiger charge is 2.17. The smallest absolute Gasteiger partial charge is 0.395 e. The summed E-state index contributed by atoms with van der Waals surface area (Å²) in [7, 11) is 0. The maximum Gasteiger partial charge on any atom is 0.433 e. The highest BCUT2D eigenvalue weighted by Crippen LogP contribution is 2.19. The fourth-order valence-electron chi connectivity index (χ4n) is 1.56. The first kappa shape index (κ1) is 14.1. The second-order valence-electron chi connectivity index (χ2n) is 3.92. The maximum absolute atomic E-state index is 11.8. The number of nitrogens with two attached hydrogens (primary N) is 1. The van der Waals surface area contributed by atoms with Gasteiger partial charge in [-0.1, -0.05) is 6.07 Å². The molecule has 9 heteroatoms. The number of carbonyl (C=O) groups excluding carboxylic acids is 2. The van der Waals surface area contributed by atoms with Crippen LogP contribution in [0.1, 0.15) is 10.6 Å². The van der Waals surface area contributed by atoms with Gasteiger partial charge >= 0.3 is 11.9 Å². The second-order valence-corrected chi connectivity index (χ2v) is 3.92. The zero-order chi connectivity index (χ0) is 15.4. The van der Waals surface area contributed by atoms with Crippen LogP contribution in [0.2, 0.25) is 0 Å². The summed E-state index contributed by atoms with van der Waals surface area (Å²) in [6.07, 6.45) is 0. The van der Waals surface area contributed by atoms with Crippen LogP contribution in [0.5, 0.6) is 0 Å². The molecule has 0 bridgehead atoms. The number of furan rings is 1. The Kier molecular flexibility index (Phi) is 3.84. The number of hydrogen-bond acceptors (Lipinski definition) is 5. The van der Waals surface area contributed by atoms with E-state index in [1.54, 1.807) is 18.2 Å². The molecule has 0 aliphatic carbocycles. The average Bonchev–Trinajstić information content (AvgIpc) is 2.88. The summed E-state index contributed by atoms with van der Waals surface area (Å²) in [4.78, 5) is 32.3. The molecule has 0 saturated heterocycles. The number of rotatable bonds is 4. The zero-order valence-electron chi connectivity index (χ0n) is 10.5. The van der Waals surface area contributed by atoms with Crippen LogP contribution in [0.3, 0.4) is 0 Å². The minimum atomic E-state index is -0.742. The molecule has 4 N–H and O–H groups in total. The molecule has 3 amide bonds. The SMILES string of the molecule is NC(=O)Nc1cccc(NC(=O)c2ccc([N+](=O)[O-])o2)c1. The summed E-state index contributed by atoms with van der Waals surface area (Å²) in [5, 5.41) is 15.3. The first-order valence-electron chi connectivity index (χ1n) is 5.68. The minimum absolute atomic E-state index is 0.199. The minimum Gasteiger partial charge on any atom is -0.395 e. The third-order valence-corrected chi connectivity index (χ3v) is 2.38. The van der Waals surface area contributed by atoms with Crippen LogP contribution in [0.25, 0.3) is 0 Å². The fraction of sp³-hybridized carbons (Fsp3) is 0. The van der Waals surface area contributed by atoms with E-state index in [1.165, 1.54) is 12.1 Å². The molecule has 0 spiro atoms. The van der Waals surface area contributed by atoms with Gasteiger partial charge in [0, 0.05) is 11.4 Å². The molecule has 1 heterocycles. The Labute approximate surface area is 117 Å². The van der Waals surface area contributed by atoms with E-state index in [-0.39, 0.29) is 5.76 Å². The molecular formula is C12H10N4O5. The standard InChI is InChI=1S/C12H10N4O5/c13-12(18)15-8-3-1-2-7(6-8)14-11(17)9-4-5-10(21-9)16(19)20/h1-6H,(H,14,17)(H3,13,15,18). The van der Waals surface area contributed by atoms with Crippen molar-refractivity contribution in [2.75, 3.05) is 10.6 Å². The predicted octanol–water partition coefficient (Wildman–Crippen LogP) is 1.93. The number of hydrogen-bond donors (Lipinski definition) is 3. The van der Waals surface area contributed by atoms with E-state index in [0.717, 1.165) is 6.07 Å². The number of nitro groups is 1. The van der Waals surface area contributed by atoms with Gasteiger partial charge < -0.3 is 20.8 Å². The lowest BCUT2D eigenvalue weighted by Crippen LogP contribution is -2.19. The number of benzene rings is 1. The molecule has 0 aliphatic rings. The molecule has 1 aromatic heterocycles. The van der Waals surface area contributed by atoms with Crippen LogP contribution in [0.15, 0.2) is 40.8 Å². The molecule has 0 unspecified atom stereocenters. The Morgan fingerprint density at radius 1 is 1.14 bits per heavy atom. The summed E-state index contributed by atoms with van der Waals surface area (Å²) < 4.78 is 4.77. The number of carbonyl (C=O) groups is 2. The highest BCUT2D eigenvalue weighted by atomic mass is 16.6. The van der Waals surface area contributed by atoms with E-state index in [9.17, 15) is 19.7 Å². The van der Waals surface area contributed by atoms with E-state index < -0.39 is 22.7 Å². The van der Waals surface area contributed by atoms with Crippen molar-refractivity contribution in [1.82, 2.24) is 0 Å². The van der Waals surface area contributed by atoms with E-state index in [2.05, 4.69) is 10.6 Å². The molecule has 1 aromatic carbocycles. The van der Waals surface area contributed by atoms with Gasteiger partial charge in [0.05, 0.1) is 6.07 Å². The molecule has 2 rings (SSSR count). The molecule has 0 saturated carbocycles.